The third-order valence-corrected chi connectivity index (χ3v) is 6.31. The Morgan fingerprint density at radius 1 is 1.43 bits per heavy atom. The van der Waals surface area contributed by atoms with Gasteiger partial charge in [-0.05, 0) is 49.5 Å². The van der Waals surface area contributed by atoms with Crippen molar-refractivity contribution < 1.29 is 9.90 Å². The van der Waals surface area contributed by atoms with E-state index in [1.165, 1.54) is 17.7 Å². The summed E-state index contributed by atoms with van der Waals surface area (Å²) in [5, 5.41) is 14.8. The van der Waals surface area contributed by atoms with Gasteiger partial charge < -0.3 is 15.3 Å². The summed E-state index contributed by atoms with van der Waals surface area (Å²) < 4.78 is 0. The van der Waals surface area contributed by atoms with E-state index >= 15 is 0 Å². The van der Waals surface area contributed by atoms with Crippen LogP contribution in [0.25, 0.3) is 0 Å². The smallest absolute Gasteiger partial charge is 0.318 e. The molecule has 1 saturated carbocycles. The Kier molecular flexibility index (Phi) is 3.42. The Morgan fingerprint density at radius 3 is 2.90 bits per heavy atom. The molecule has 21 heavy (non-hydrogen) atoms. The van der Waals surface area contributed by atoms with Gasteiger partial charge >= 0.3 is 6.03 Å². The van der Waals surface area contributed by atoms with Crippen LogP contribution in [0.1, 0.15) is 43.0 Å². The molecular formula is C16H22N2O2S. The highest BCUT2D eigenvalue weighted by Crippen LogP contribution is 2.44. The maximum atomic E-state index is 12.7. The quantitative estimate of drug-likeness (QED) is 0.898. The monoisotopic (exact) mass is 306 g/mol. The van der Waals surface area contributed by atoms with Crippen molar-refractivity contribution in [2.75, 3.05) is 6.61 Å². The summed E-state index contributed by atoms with van der Waals surface area (Å²) in [6.45, 7) is 0.210. The first-order valence-corrected chi connectivity index (χ1v) is 8.89. The number of aliphatic hydroxyl groups excluding tert-OH is 1. The van der Waals surface area contributed by atoms with Crippen molar-refractivity contribution in [2.45, 2.75) is 50.2 Å². The highest BCUT2D eigenvalue weighted by molar-refractivity contribution is 7.10. The molecular weight excluding hydrogens is 284 g/mol. The first-order chi connectivity index (χ1) is 10.3. The summed E-state index contributed by atoms with van der Waals surface area (Å²) in [5.41, 5.74) is 0. The second-order valence-electron chi connectivity index (χ2n) is 6.66. The predicted molar refractivity (Wildman–Crippen MR) is 82.2 cm³/mol. The molecule has 2 N–H and O–H groups in total. The van der Waals surface area contributed by atoms with Crippen LogP contribution in [-0.4, -0.2) is 34.7 Å². The van der Waals surface area contributed by atoms with Crippen LogP contribution in [0, 0.1) is 11.8 Å². The van der Waals surface area contributed by atoms with Gasteiger partial charge in [0.1, 0.15) is 0 Å². The normalized spacial score (nSPS) is 32.4. The number of urea groups is 1. The van der Waals surface area contributed by atoms with Gasteiger partial charge in [0.15, 0.2) is 0 Å². The minimum Gasteiger partial charge on any atom is -0.396 e. The Hall–Kier alpha value is -1.07. The zero-order valence-corrected chi connectivity index (χ0v) is 12.9. The van der Waals surface area contributed by atoms with E-state index in [0.717, 1.165) is 19.3 Å². The Bertz CT molecular complexity index is 514. The molecule has 0 aromatic carbocycles. The van der Waals surface area contributed by atoms with Gasteiger partial charge in [-0.3, -0.25) is 0 Å². The average molecular weight is 306 g/mol. The minimum absolute atomic E-state index is 0.0868. The Labute approximate surface area is 129 Å². The van der Waals surface area contributed by atoms with Gasteiger partial charge in [0.2, 0.25) is 0 Å². The van der Waals surface area contributed by atoms with Crippen molar-refractivity contribution in [2.24, 2.45) is 11.8 Å². The number of rotatable bonds is 4. The van der Waals surface area contributed by atoms with Crippen LogP contribution in [-0.2, 0) is 0 Å². The number of thiophene rings is 1. The van der Waals surface area contributed by atoms with Crippen molar-refractivity contribution in [3.8, 4) is 0 Å². The molecule has 0 radical (unpaired) electrons. The summed E-state index contributed by atoms with van der Waals surface area (Å²) in [5.74, 6) is 0.900. The van der Waals surface area contributed by atoms with E-state index in [-0.39, 0.29) is 30.6 Å². The van der Waals surface area contributed by atoms with Crippen molar-refractivity contribution in [3.63, 3.8) is 0 Å². The highest BCUT2D eigenvalue weighted by atomic mass is 32.1. The second-order valence-corrected chi connectivity index (χ2v) is 7.64. The van der Waals surface area contributed by atoms with Crippen LogP contribution in [0.5, 0.6) is 0 Å². The molecule has 2 bridgehead atoms. The minimum atomic E-state index is 0.0868. The number of hydrogen-bond acceptors (Lipinski definition) is 3. The van der Waals surface area contributed by atoms with E-state index in [9.17, 15) is 9.90 Å². The third kappa shape index (κ3) is 2.36. The van der Waals surface area contributed by atoms with Gasteiger partial charge in [0.05, 0.1) is 6.04 Å². The average Bonchev–Trinajstić information content (AvgIpc) is 2.93. The van der Waals surface area contributed by atoms with E-state index < -0.39 is 0 Å². The van der Waals surface area contributed by atoms with E-state index in [4.69, 9.17) is 0 Å². The molecule has 4 nitrogen and oxygen atoms in total. The summed E-state index contributed by atoms with van der Waals surface area (Å²) in [6, 6.07) is 5.05. The summed E-state index contributed by atoms with van der Waals surface area (Å²) >= 11 is 1.73. The number of carbonyl (C=O) groups is 1. The fourth-order valence-electron chi connectivity index (χ4n) is 4.15. The van der Waals surface area contributed by atoms with Crippen molar-refractivity contribution in [1.29, 1.82) is 0 Å². The number of nitrogens with zero attached hydrogens (tertiary/aromatic N) is 1. The van der Waals surface area contributed by atoms with Gasteiger partial charge in [0, 0.05) is 29.5 Å². The lowest BCUT2D eigenvalue weighted by Gasteiger charge is -2.27. The number of nitrogens with one attached hydrogen (secondary N) is 1. The van der Waals surface area contributed by atoms with Crippen LogP contribution in [0.15, 0.2) is 17.5 Å². The zero-order valence-electron chi connectivity index (χ0n) is 12.1. The largest absolute Gasteiger partial charge is 0.396 e. The predicted octanol–water partition coefficient (Wildman–Crippen LogP) is 2.75. The molecule has 114 valence electrons. The van der Waals surface area contributed by atoms with Crippen LogP contribution in [0.2, 0.25) is 0 Å². The fraction of sp³-hybridized carbons (Fsp3) is 0.688. The molecule has 4 rings (SSSR count). The van der Waals surface area contributed by atoms with Crippen molar-refractivity contribution in [3.05, 3.63) is 22.4 Å². The molecule has 3 heterocycles. The SMILES string of the molecule is O=C(NC(c1cccs1)C1CC1)N1C2CCC1C(CO)C2. The third-order valence-electron chi connectivity index (χ3n) is 5.36. The maximum absolute atomic E-state index is 12.7. The molecule has 3 aliphatic rings. The standard InChI is InChI=1S/C16H22N2O2S/c19-9-11-8-12-5-6-13(11)18(12)16(20)17-15(10-3-4-10)14-2-1-7-21-14/h1-2,7,10-13,15,19H,3-6,8-9H2,(H,17,20). The summed E-state index contributed by atoms with van der Waals surface area (Å²) in [7, 11) is 0. The molecule has 3 fully saturated rings. The topological polar surface area (TPSA) is 52.6 Å². The number of hydrogen-bond donors (Lipinski definition) is 2. The highest BCUT2D eigenvalue weighted by Gasteiger charge is 2.49. The van der Waals surface area contributed by atoms with Gasteiger partial charge in [0.25, 0.3) is 0 Å². The Morgan fingerprint density at radius 2 is 2.29 bits per heavy atom. The summed E-state index contributed by atoms with van der Waals surface area (Å²) in [6.07, 6.45) is 5.56. The van der Waals surface area contributed by atoms with E-state index in [0.29, 0.717) is 12.0 Å². The van der Waals surface area contributed by atoms with Gasteiger partial charge in [-0.2, -0.15) is 0 Å². The zero-order chi connectivity index (χ0) is 14.4. The maximum Gasteiger partial charge on any atom is 0.318 e. The van der Waals surface area contributed by atoms with Crippen molar-refractivity contribution in [1.82, 2.24) is 10.2 Å². The number of carbonyl (C=O) groups excluding carboxylic acids is 1. The van der Waals surface area contributed by atoms with Crippen LogP contribution in [0.4, 0.5) is 4.79 Å². The van der Waals surface area contributed by atoms with Crippen LogP contribution >= 0.6 is 11.3 Å². The lowest BCUT2D eigenvalue weighted by atomic mass is 9.90. The van der Waals surface area contributed by atoms with Crippen LogP contribution in [0.3, 0.4) is 0 Å². The van der Waals surface area contributed by atoms with Gasteiger partial charge in [-0.15, -0.1) is 11.3 Å². The second kappa shape index (κ2) is 5.29. The molecule has 1 aliphatic carbocycles. The first-order valence-electron chi connectivity index (χ1n) is 8.01. The van der Waals surface area contributed by atoms with E-state index in [1.807, 2.05) is 4.90 Å². The molecule has 2 amide bonds. The molecule has 4 atom stereocenters. The molecule has 2 aliphatic heterocycles. The van der Waals surface area contributed by atoms with E-state index in [2.05, 4.69) is 22.8 Å². The first kappa shape index (κ1) is 13.6. The molecule has 1 aromatic rings. The van der Waals surface area contributed by atoms with E-state index in [1.54, 1.807) is 11.3 Å². The Balaban J connectivity index is 1.48. The lowest BCUT2D eigenvalue weighted by molar-refractivity contribution is 0.166. The molecule has 0 spiro atoms. The molecule has 1 aromatic heterocycles. The van der Waals surface area contributed by atoms with Crippen molar-refractivity contribution >= 4 is 17.4 Å². The molecule has 2 saturated heterocycles. The van der Waals surface area contributed by atoms with Crippen LogP contribution < -0.4 is 5.32 Å². The number of amides is 2. The lowest BCUT2D eigenvalue weighted by Crippen LogP contribution is -2.45. The molecule has 5 heteroatoms. The number of aliphatic hydroxyl groups is 1. The summed E-state index contributed by atoms with van der Waals surface area (Å²) in [4.78, 5) is 16.0. The molecule has 4 unspecified atom stereocenters. The van der Waals surface area contributed by atoms with Gasteiger partial charge in [-0.1, -0.05) is 6.07 Å². The fourth-order valence-corrected chi connectivity index (χ4v) is 5.02. The van der Waals surface area contributed by atoms with Gasteiger partial charge in [-0.25, -0.2) is 4.79 Å². The number of fused-ring (bicyclic) bond motifs is 2.